The van der Waals surface area contributed by atoms with Crippen molar-refractivity contribution < 1.29 is 0 Å². The Labute approximate surface area is 315 Å². The molecule has 0 bridgehead atoms. The van der Waals surface area contributed by atoms with Gasteiger partial charge in [-0.1, -0.05) is 30.3 Å². The van der Waals surface area contributed by atoms with Crippen molar-refractivity contribution in [3.8, 4) is 11.1 Å². The van der Waals surface area contributed by atoms with Crippen LogP contribution >= 0.6 is 0 Å². The van der Waals surface area contributed by atoms with E-state index < -0.39 is 0 Å². The van der Waals surface area contributed by atoms with Crippen molar-refractivity contribution in [3.63, 3.8) is 0 Å². The van der Waals surface area contributed by atoms with Gasteiger partial charge in [-0.05, 0) is 108 Å². The van der Waals surface area contributed by atoms with Crippen molar-refractivity contribution in [1.29, 1.82) is 0 Å². The quantitative estimate of drug-likeness (QED) is 0.203. The minimum atomic E-state index is 0.536. The Bertz CT molecular complexity index is 2580. The molecule has 2 fully saturated rings. The summed E-state index contributed by atoms with van der Waals surface area (Å²) in [5, 5.41) is 0. The summed E-state index contributed by atoms with van der Waals surface area (Å²) in [5.41, 5.74) is 14.2. The van der Waals surface area contributed by atoms with Crippen molar-refractivity contribution in [2.24, 2.45) is 0 Å². The number of pyridine rings is 1. The fraction of sp³-hybridized carbons (Fsp3) is 0.400. The molecule has 0 aliphatic carbocycles. The summed E-state index contributed by atoms with van der Waals surface area (Å²) in [7, 11) is 0. The van der Waals surface area contributed by atoms with E-state index in [9.17, 15) is 0 Å². The third kappa shape index (κ3) is 5.27. The highest BCUT2D eigenvalue weighted by molar-refractivity contribution is 5.83. The lowest BCUT2D eigenvalue weighted by Gasteiger charge is -2.29. The van der Waals surface area contributed by atoms with Gasteiger partial charge in [0, 0.05) is 95.9 Å². The zero-order chi connectivity index (χ0) is 35.3. The highest BCUT2D eigenvalue weighted by atomic mass is 15.2. The summed E-state index contributed by atoms with van der Waals surface area (Å²) < 4.78 is 7.08. The average Bonchev–Trinajstić information content (AvgIpc) is 4.02. The molecule has 0 radical (unpaired) electrons. The SMILES string of the molecule is c1cn2cc(-c3ccc4c(c3)nc3n4CCN4CC(c5ccc6c(c5)CN(Cc5ccc7c(c5)nc5n7CCN7CCCC7C5)CC6)C[C@H]4C3)ccc2n1. The van der Waals surface area contributed by atoms with E-state index in [-0.39, 0.29) is 0 Å². The van der Waals surface area contributed by atoms with Gasteiger partial charge in [0.05, 0.1) is 22.1 Å². The van der Waals surface area contributed by atoms with E-state index in [0.717, 1.165) is 82.8 Å². The van der Waals surface area contributed by atoms with E-state index in [1.165, 1.54) is 87.4 Å². The minimum Gasteiger partial charge on any atom is -0.327 e. The monoisotopic (exact) mass is 713 g/mol. The maximum Gasteiger partial charge on any atom is 0.136 e. The summed E-state index contributed by atoms with van der Waals surface area (Å²) in [6, 6.07) is 26.8. The first-order valence-electron chi connectivity index (χ1n) is 20.4. The summed E-state index contributed by atoms with van der Waals surface area (Å²) in [4.78, 5) is 23.0. The number of rotatable bonds is 4. The first kappa shape index (κ1) is 31.5. The third-order valence-corrected chi connectivity index (χ3v) is 13.7. The number of aromatic nitrogens is 6. The molecule has 272 valence electrons. The van der Waals surface area contributed by atoms with Crippen LogP contribution in [0.3, 0.4) is 0 Å². The lowest BCUT2D eigenvalue weighted by molar-refractivity contribution is 0.245. The molecule has 7 aromatic rings. The summed E-state index contributed by atoms with van der Waals surface area (Å²) in [5.74, 6) is 3.11. The largest absolute Gasteiger partial charge is 0.327 e. The molecule has 12 rings (SSSR count). The normalized spacial score (nSPS) is 23.3. The molecule has 5 aliphatic rings. The van der Waals surface area contributed by atoms with Crippen LogP contribution in [-0.4, -0.2) is 88.0 Å². The number of fused-ring (bicyclic) bond motifs is 10. The van der Waals surface area contributed by atoms with Crippen LogP contribution in [-0.2, 0) is 45.4 Å². The van der Waals surface area contributed by atoms with Gasteiger partial charge in [0.2, 0.25) is 0 Å². The molecule has 54 heavy (non-hydrogen) atoms. The molecule has 9 heterocycles. The third-order valence-electron chi connectivity index (χ3n) is 13.7. The van der Waals surface area contributed by atoms with E-state index in [1.807, 2.05) is 12.4 Å². The minimum absolute atomic E-state index is 0.536. The van der Waals surface area contributed by atoms with Crippen LogP contribution < -0.4 is 0 Å². The fourth-order valence-electron chi connectivity index (χ4n) is 10.9. The Balaban J connectivity index is 0.738. The van der Waals surface area contributed by atoms with Gasteiger partial charge in [-0.15, -0.1) is 0 Å². The molecule has 0 saturated carbocycles. The average molecular weight is 714 g/mol. The molecular formula is C45H47N9. The standard InChI is InChI=1S/C45H47N9/c1-2-37-24-44-47-39-20-30(3-8-41(39)53(44)18-16-50(37)13-1)26-49-14-11-31-4-5-32(21-35(31)27-49)36-22-38-25-45-48-40-23-33(34-7-10-43-46-12-15-52(43)28-34)6-9-42(40)54(45)19-17-51(38)29-36/h3-10,12,15,20-21,23,28,36-38H,1-2,11,13-14,16-19,22,24-27,29H2/t36?,37?,38-/m0/s1. The van der Waals surface area contributed by atoms with Gasteiger partial charge < -0.3 is 13.5 Å². The second-order valence-corrected chi connectivity index (χ2v) is 16.8. The predicted octanol–water partition coefficient (Wildman–Crippen LogP) is 6.69. The Morgan fingerprint density at radius 1 is 0.685 bits per heavy atom. The summed E-state index contributed by atoms with van der Waals surface area (Å²) in [6.07, 6.45) is 13.1. The van der Waals surface area contributed by atoms with Crippen molar-refractivity contribution in [2.45, 2.75) is 82.7 Å². The van der Waals surface area contributed by atoms with Crippen LogP contribution in [0.5, 0.6) is 0 Å². The van der Waals surface area contributed by atoms with E-state index >= 15 is 0 Å². The van der Waals surface area contributed by atoms with Crippen LogP contribution in [0.4, 0.5) is 0 Å². The van der Waals surface area contributed by atoms with Gasteiger partial charge >= 0.3 is 0 Å². The van der Waals surface area contributed by atoms with Crippen molar-refractivity contribution in [3.05, 3.63) is 119 Å². The topological polar surface area (TPSA) is 62.7 Å². The maximum atomic E-state index is 5.26. The van der Waals surface area contributed by atoms with Crippen LogP contribution in [0, 0.1) is 0 Å². The number of hydrogen-bond acceptors (Lipinski definition) is 6. The zero-order valence-electron chi connectivity index (χ0n) is 30.9. The van der Waals surface area contributed by atoms with Crippen molar-refractivity contribution in [2.75, 3.05) is 32.7 Å². The lowest BCUT2D eigenvalue weighted by Crippen LogP contribution is -2.31. The Morgan fingerprint density at radius 2 is 1.50 bits per heavy atom. The number of nitrogens with zero attached hydrogens (tertiary/aromatic N) is 9. The molecule has 9 nitrogen and oxygen atoms in total. The molecule has 4 aromatic heterocycles. The number of benzene rings is 3. The highest BCUT2D eigenvalue weighted by Gasteiger charge is 2.36. The number of hydrogen-bond donors (Lipinski definition) is 0. The van der Waals surface area contributed by atoms with Crippen molar-refractivity contribution in [1.82, 2.24) is 43.2 Å². The van der Waals surface area contributed by atoms with Crippen LogP contribution in [0.15, 0.2) is 85.3 Å². The van der Waals surface area contributed by atoms with Crippen LogP contribution in [0.25, 0.3) is 38.8 Å². The van der Waals surface area contributed by atoms with E-state index in [1.54, 1.807) is 0 Å². The van der Waals surface area contributed by atoms with Gasteiger partial charge in [-0.25, -0.2) is 15.0 Å². The van der Waals surface area contributed by atoms with Gasteiger partial charge in [0.25, 0.3) is 0 Å². The molecule has 0 spiro atoms. The molecule has 2 saturated heterocycles. The van der Waals surface area contributed by atoms with Crippen LogP contribution in [0.1, 0.15) is 59.1 Å². The van der Waals surface area contributed by atoms with Gasteiger partial charge in [-0.2, -0.15) is 0 Å². The molecule has 0 amide bonds. The smallest absolute Gasteiger partial charge is 0.136 e. The fourth-order valence-corrected chi connectivity index (χ4v) is 10.9. The molecule has 5 aliphatic heterocycles. The first-order chi connectivity index (χ1) is 26.6. The molecular weight excluding hydrogens is 667 g/mol. The lowest BCUT2D eigenvalue weighted by atomic mass is 9.90. The highest BCUT2D eigenvalue weighted by Crippen LogP contribution is 2.37. The second kappa shape index (κ2) is 12.3. The Morgan fingerprint density at radius 3 is 2.41 bits per heavy atom. The van der Waals surface area contributed by atoms with E-state index in [4.69, 9.17) is 9.97 Å². The van der Waals surface area contributed by atoms with E-state index in [0.29, 0.717) is 18.0 Å². The van der Waals surface area contributed by atoms with Crippen molar-refractivity contribution >= 4 is 27.7 Å². The first-order valence-corrected chi connectivity index (χ1v) is 20.4. The number of imidazole rings is 3. The summed E-state index contributed by atoms with van der Waals surface area (Å²) >= 11 is 0. The maximum absolute atomic E-state index is 5.26. The van der Waals surface area contributed by atoms with Gasteiger partial charge in [0.1, 0.15) is 17.3 Å². The van der Waals surface area contributed by atoms with Gasteiger partial charge in [0.15, 0.2) is 0 Å². The molecule has 3 aromatic carbocycles. The zero-order valence-corrected chi connectivity index (χ0v) is 30.9. The molecule has 0 N–H and O–H groups in total. The molecule has 3 atom stereocenters. The summed E-state index contributed by atoms with van der Waals surface area (Å²) in [6.45, 7) is 9.85. The van der Waals surface area contributed by atoms with E-state index in [2.05, 4.69) is 106 Å². The molecule has 9 heteroatoms. The Kier molecular flexibility index (Phi) is 7.21. The van der Waals surface area contributed by atoms with Gasteiger partial charge in [-0.3, -0.25) is 14.7 Å². The molecule has 2 unspecified atom stereocenters. The Hall–Kier alpha value is -4.83. The van der Waals surface area contributed by atoms with Crippen LogP contribution in [0.2, 0.25) is 0 Å². The predicted molar refractivity (Wildman–Crippen MR) is 213 cm³/mol. The second-order valence-electron chi connectivity index (χ2n) is 16.8.